The van der Waals surface area contributed by atoms with Crippen molar-refractivity contribution in [2.24, 2.45) is 0 Å². The second-order valence-corrected chi connectivity index (χ2v) is 8.24. The average molecular weight is 437 g/mol. The summed E-state index contributed by atoms with van der Waals surface area (Å²) in [6, 6.07) is 15.0. The fourth-order valence-corrected chi connectivity index (χ4v) is 4.58. The lowest BCUT2D eigenvalue weighted by Crippen LogP contribution is -2.58. The topological polar surface area (TPSA) is 68.1 Å². The molecule has 0 N–H and O–H groups in total. The number of benzene rings is 2. The highest BCUT2D eigenvalue weighted by molar-refractivity contribution is 9.10. The summed E-state index contributed by atoms with van der Waals surface area (Å²) >= 11 is 3.49. The normalized spacial score (nSPS) is 20.4. The molecule has 0 radical (unpaired) electrons. The molecule has 6 nitrogen and oxygen atoms in total. The number of fused-ring (bicyclic) bond motifs is 6. The highest BCUT2D eigenvalue weighted by atomic mass is 79.9. The summed E-state index contributed by atoms with van der Waals surface area (Å²) in [6.07, 6.45) is 2.01. The number of amides is 1. The van der Waals surface area contributed by atoms with Gasteiger partial charge in [0, 0.05) is 22.0 Å². The van der Waals surface area contributed by atoms with Gasteiger partial charge in [-0.15, -0.1) is 0 Å². The van der Waals surface area contributed by atoms with Crippen LogP contribution in [0.1, 0.15) is 26.2 Å². The maximum atomic E-state index is 12.9. The maximum Gasteiger partial charge on any atom is 0.300 e. The van der Waals surface area contributed by atoms with E-state index in [0.717, 1.165) is 28.6 Å². The number of hydrogen-bond donors (Lipinski definition) is 0. The SMILES string of the molecule is CC12CCCC(=O)N1c1ccc(Br)cc1-c1nc(=O)c(-c3ccccc3)nn12. The smallest absolute Gasteiger partial charge is 0.286 e. The van der Waals surface area contributed by atoms with Gasteiger partial charge in [-0.1, -0.05) is 46.3 Å². The Morgan fingerprint density at radius 3 is 2.68 bits per heavy atom. The van der Waals surface area contributed by atoms with E-state index in [-0.39, 0.29) is 11.5 Å². The van der Waals surface area contributed by atoms with Gasteiger partial charge in [0.15, 0.2) is 11.5 Å². The van der Waals surface area contributed by atoms with Crippen molar-refractivity contribution in [2.75, 3.05) is 4.90 Å². The molecule has 2 aliphatic heterocycles. The first-order chi connectivity index (χ1) is 13.5. The summed E-state index contributed by atoms with van der Waals surface area (Å²) in [6.45, 7) is 1.99. The third-order valence-electron chi connectivity index (χ3n) is 5.53. The van der Waals surface area contributed by atoms with Crippen molar-refractivity contribution >= 4 is 27.5 Å². The molecule has 1 aromatic heterocycles. The maximum absolute atomic E-state index is 12.9. The molecule has 0 saturated carbocycles. The second kappa shape index (κ2) is 6.10. The van der Waals surface area contributed by atoms with Gasteiger partial charge < -0.3 is 0 Å². The number of anilines is 1. The van der Waals surface area contributed by atoms with Crippen LogP contribution in [0.3, 0.4) is 0 Å². The van der Waals surface area contributed by atoms with Gasteiger partial charge in [-0.05, 0) is 38.0 Å². The summed E-state index contributed by atoms with van der Waals surface area (Å²) in [4.78, 5) is 32.0. The molecule has 0 bridgehead atoms. The molecule has 7 heteroatoms. The Kier molecular flexibility index (Phi) is 3.77. The van der Waals surface area contributed by atoms with Crippen LogP contribution in [0.5, 0.6) is 0 Å². The lowest BCUT2D eigenvalue weighted by Gasteiger charge is -2.49. The van der Waals surface area contributed by atoms with E-state index in [0.29, 0.717) is 23.5 Å². The van der Waals surface area contributed by atoms with Crippen LogP contribution < -0.4 is 10.5 Å². The van der Waals surface area contributed by atoms with E-state index >= 15 is 0 Å². The van der Waals surface area contributed by atoms with Gasteiger partial charge in [-0.2, -0.15) is 10.1 Å². The number of carbonyl (C=O) groups excluding carboxylic acids is 1. The van der Waals surface area contributed by atoms with Crippen molar-refractivity contribution in [2.45, 2.75) is 31.8 Å². The summed E-state index contributed by atoms with van der Waals surface area (Å²) in [5, 5.41) is 4.73. The van der Waals surface area contributed by atoms with Crippen molar-refractivity contribution < 1.29 is 4.79 Å². The van der Waals surface area contributed by atoms with Gasteiger partial charge in [0.2, 0.25) is 5.91 Å². The van der Waals surface area contributed by atoms with Crippen LogP contribution in [0, 0.1) is 0 Å². The molecule has 1 atom stereocenters. The Labute approximate surface area is 170 Å². The fourth-order valence-electron chi connectivity index (χ4n) is 4.22. The average Bonchev–Trinajstić information content (AvgIpc) is 2.68. The first-order valence-corrected chi connectivity index (χ1v) is 9.98. The molecule has 5 rings (SSSR count). The van der Waals surface area contributed by atoms with Crippen LogP contribution in [0.25, 0.3) is 22.6 Å². The minimum Gasteiger partial charge on any atom is -0.286 e. The third kappa shape index (κ3) is 2.39. The van der Waals surface area contributed by atoms with Crippen molar-refractivity contribution in [3.8, 4) is 22.6 Å². The highest BCUT2D eigenvalue weighted by Gasteiger charge is 2.47. The number of nitrogens with zero attached hydrogens (tertiary/aromatic N) is 4. The van der Waals surface area contributed by atoms with Crippen molar-refractivity contribution in [3.05, 3.63) is 63.4 Å². The van der Waals surface area contributed by atoms with Gasteiger partial charge >= 0.3 is 0 Å². The van der Waals surface area contributed by atoms with E-state index in [9.17, 15) is 9.59 Å². The summed E-state index contributed by atoms with van der Waals surface area (Å²) in [7, 11) is 0. The van der Waals surface area contributed by atoms with Gasteiger partial charge in [-0.3, -0.25) is 14.5 Å². The molecule has 140 valence electrons. The number of hydrogen-bond acceptors (Lipinski definition) is 4. The molecule has 3 heterocycles. The van der Waals surface area contributed by atoms with Crippen LogP contribution in [-0.2, 0) is 10.5 Å². The predicted octanol–water partition coefficient (Wildman–Crippen LogP) is 3.94. The Hall–Kier alpha value is -2.80. The van der Waals surface area contributed by atoms with Crippen LogP contribution in [0.2, 0.25) is 0 Å². The summed E-state index contributed by atoms with van der Waals surface area (Å²) < 4.78 is 2.62. The largest absolute Gasteiger partial charge is 0.300 e. The zero-order chi connectivity index (χ0) is 19.5. The number of aromatic nitrogens is 3. The van der Waals surface area contributed by atoms with E-state index in [1.165, 1.54) is 0 Å². The van der Waals surface area contributed by atoms with E-state index in [2.05, 4.69) is 20.9 Å². The molecule has 1 saturated heterocycles. The molecule has 2 aromatic carbocycles. The van der Waals surface area contributed by atoms with Crippen molar-refractivity contribution in [1.29, 1.82) is 0 Å². The van der Waals surface area contributed by atoms with Gasteiger partial charge in [0.25, 0.3) is 5.56 Å². The quantitative estimate of drug-likeness (QED) is 0.579. The lowest BCUT2D eigenvalue weighted by molar-refractivity contribution is -0.122. The molecule has 3 aromatic rings. The predicted molar refractivity (Wildman–Crippen MR) is 110 cm³/mol. The number of rotatable bonds is 1. The monoisotopic (exact) mass is 436 g/mol. The minimum absolute atomic E-state index is 0.0599. The van der Waals surface area contributed by atoms with Crippen LogP contribution in [-0.4, -0.2) is 20.7 Å². The summed E-state index contributed by atoms with van der Waals surface area (Å²) in [5.74, 6) is 0.555. The Morgan fingerprint density at radius 2 is 1.89 bits per heavy atom. The Balaban J connectivity index is 1.85. The first-order valence-electron chi connectivity index (χ1n) is 9.19. The summed E-state index contributed by atoms with van der Waals surface area (Å²) in [5.41, 5.74) is 1.44. The number of carbonyl (C=O) groups is 1. The molecule has 0 aliphatic carbocycles. The molecular weight excluding hydrogens is 420 g/mol. The lowest BCUT2D eigenvalue weighted by atomic mass is 9.91. The van der Waals surface area contributed by atoms with Crippen molar-refractivity contribution in [1.82, 2.24) is 14.8 Å². The molecule has 1 amide bonds. The van der Waals surface area contributed by atoms with Gasteiger partial charge in [0.1, 0.15) is 5.66 Å². The van der Waals surface area contributed by atoms with Crippen molar-refractivity contribution in [3.63, 3.8) is 0 Å². The Morgan fingerprint density at radius 1 is 1.11 bits per heavy atom. The standard InChI is InChI=1S/C21H17BrN4O2/c1-21-11-5-8-17(27)25(21)16-10-9-14(22)12-15(16)19-23-20(28)18(24-26(19)21)13-6-3-2-4-7-13/h2-4,6-7,9-10,12H,5,8,11H2,1H3. The molecule has 28 heavy (non-hydrogen) atoms. The van der Waals surface area contributed by atoms with Crippen LogP contribution in [0.4, 0.5) is 5.69 Å². The van der Waals surface area contributed by atoms with Crippen LogP contribution >= 0.6 is 15.9 Å². The zero-order valence-electron chi connectivity index (χ0n) is 15.2. The Bertz CT molecular complexity index is 1170. The fraction of sp³-hybridized carbons (Fsp3) is 0.238. The molecule has 1 fully saturated rings. The first kappa shape index (κ1) is 17.3. The van der Waals surface area contributed by atoms with E-state index in [4.69, 9.17) is 5.10 Å². The minimum atomic E-state index is -0.699. The van der Waals surface area contributed by atoms with E-state index in [1.807, 2.05) is 60.4 Å². The highest BCUT2D eigenvalue weighted by Crippen LogP contribution is 2.47. The molecule has 1 unspecified atom stereocenters. The van der Waals surface area contributed by atoms with E-state index < -0.39 is 5.66 Å². The molecule has 2 aliphatic rings. The van der Waals surface area contributed by atoms with Gasteiger partial charge in [-0.25, -0.2) is 4.68 Å². The van der Waals surface area contributed by atoms with Gasteiger partial charge in [0.05, 0.1) is 5.69 Å². The second-order valence-electron chi connectivity index (χ2n) is 7.33. The molecule has 0 spiro atoms. The van der Waals surface area contributed by atoms with Crippen LogP contribution in [0.15, 0.2) is 57.8 Å². The molecular formula is C21H17BrN4O2. The zero-order valence-corrected chi connectivity index (χ0v) is 16.8. The number of piperidine rings is 1. The third-order valence-corrected chi connectivity index (χ3v) is 6.02. The van der Waals surface area contributed by atoms with E-state index in [1.54, 1.807) is 4.68 Å². The number of halogens is 1.